The average molecular weight is 302 g/mol. The number of hydrogen-bond donors (Lipinski definition) is 0. The minimum Gasteiger partial charge on any atom is -0.290 e. The van der Waals surface area contributed by atoms with Gasteiger partial charge in [0.25, 0.3) is 0 Å². The number of rotatable bonds is 4. The van der Waals surface area contributed by atoms with Crippen LogP contribution < -0.4 is 0 Å². The summed E-state index contributed by atoms with van der Waals surface area (Å²) in [4.78, 5) is 8.43. The van der Waals surface area contributed by atoms with E-state index in [9.17, 15) is 0 Å². The Hall–Kier alpha value is -1.33. The zero-order chi connectivity index (χ0) is 14.7. The third-order valence-corrected chi connectivity index (χ3v) is 4.84. The fourth-order valence-electron chi connectivity index (χ4n) is 3.04. The van der Waals surface area contributed by atoms with Crippen LogP contribution in [-0.2, 0) is 6.54 Å². The molecule has 0 saturated carbocycles. The van der Waals surface area contributed by atoms with Gasteiger partial charge in [-0.2, -0.15) is 0 Å². The summed E-state index contributed by atoms with van der Waals surface area (Å²) < 4.78 is 4.16. The standard InChI is InChI=1S/C16H22N4S/c1-12(2)16-15(21-19-18-16)11-20-10-6-4-8-14(20)13-7-3-5-9-17-13/h3,5,7,9,12,14H,4,6,8,10-11H2,1-2H3. The first-order valence-corrected chi connectivity index (χ1v) is 8.49. The van der Waals surface area contributed by atoms with Crippen molar-refractivity contribution in [3.8, 4) is 0 Å². The third-order valence-electron chi connectivity index (χ3n) is 4.12. The van der Waals surface area contributed by atoms with Crippen LogP contribution in [0.5, 0.6) is 0 Å². The van der Waals surface area contributed by atoms with Gasteiger partial charge in [-0.15, -0.1) is 5.10 Å². The Balaban J connectivity index is 1.80. The number of nitrogens with zero attached hydrogens (tertiary/aromatic N) is 4. The molecule has 0 spiro atoms. The van der Waals surface area contributed by atoms with Gasteiger partial charge in [-0.1, -0.05) is 30.8 Å². The van der Waals surface area contributed by atoms with E-state index in [0.717, 1.165) is 18.8 Å². The van der Waals surface area contributed by atoms with Gasteiger partial charge < -0.3 is 0 Å². The van der Waals surface area contributed by atoms with E-state index in [4.69, 9.17) is 0 Å². The zero-order valence-electron chi connectivity index (χ0n) is 12.7. The van der Waals surface area contributed by atoms with Gasteiger partial charge in [0, 0.05) is 12.7 Å². The number of likely N-dealkylation sites (tertiary alicyclic amines) is 1. The molecule has 112 valence electrons. The fourth-order valence-corrected chi connectivity index (χ4v) is 3.86. The van der Waals surface area contributed by atoms with E-state index < -0.39 is 0 Å². The molecule has 1 saturated heterocycles. The van der Waals surface area contributed by atoms with Gasteiger partial charge in [0.05, 0.1) is 22.3 Å². The molecule has 1 fully saturated rings. The molecule has 21 heavy (non-hydrogen) atoms. The Morgan fingerprint density at radius 2 is 2.24 bits per heavy atom. The predicted octanol–water partition coefficient (Wildman–Crippen LogP) is 3.78. The number of hydrogen-bond acceptors (Lipinski definition) is 5. The second-order valence-corrected chi connectivity index (χ2v) is 6.81. The van der Waals surface area contributed by atoms with Gasteiger partial charge >= 0.3 is 0 Å². The van der Waals surface area contributed by atoms with Crippen LogP contribution in [-0.4, -0.2) is 26.0 Å². The van der Waals surface area contributed by atoms with E-state index in [1.54, 1.807) is 11.5 Å². The van der Waals surface area contributed by atoms with Gasteiger partial charge in [0.2, 0.25) is 0 Å². The Bertz CT molecular complexity index is 567. The van der Waals surface area contributed by atoms with Crippen molar-refractivity contribution in [1.29, 1.82) is 0 Å². The van der Waals surface area contributed by atoms with E-state index in [1.165, 1.54) is 29.8 Å². The molecule has 1 aliphatic heterocycles. The largest absolute Gasteiger partial charge is 0.290 e. The van der Waals surface area contributed by atoms with Crippen molar-refractivity contribution >= 4 is 11.5 Å². The van der Waals surface area contributed by atoms with Crippen LogP contribution >= 0.6 is 11.5 Å². The van der Waals surface area contributed by atoms with Crippen molar-refractivity contribution < 1.29 is 0 Å². The highest BCUT2D eigenvalue weighted by Gasteiger charge is 2.26. The maximum atomic E-state index is 4.57. The third kappa shape index (κ3) is 3.30. The van der Waals surface area contributed by atoms with E-state index >= 15 is 0 Å². The first-order valence-electron chi connectivity index (χ1n) is 7.72. The second-order valence-electron chi connectivity index (χ2n) is 5.97. The molecule has 0 N–H and O–H groups in total. The molecule has 0 radical (unpaired) electrons. The quantitative estimate of drug-likeness (QED) is 0.862. The lowest BCUT2D eigenvalue weighted by atomic mass is 9.98. The Morgan fingerprint density at radius 1 is 1.33 bits per heavy atom. The van der Waals surface area contributed by atoms with E-state index in [-0.39, 0.29) is 0 Å². The zero-order valence-corrected chi connectivity index (χ0v) is 13.5. The molecular weight excluding hydrogens is 280 g/mol. The summed E-state index contributed by atoms with van der Waals surface area (Å²) in [5, 5.41) is 4.31. The molecule has 2 aromatic heterocycles. The van der Waals surface area contributed by atoms with Crippen molar-refractivity contribution in [2.75, 3.05) is 6.54 Å². The highest BCUT2D eigenvalue weighted by Crippen LogP contribution is 2.32. The molecular formula is C16H22N4S. The van der Waals surface area contributed by atoms with Crippen LogP contribution in [0.25, 0.3) is 0 Å². The minimum absolute atomic E-state index is 0.432. The summed E-state index contributed by atoms with van der Waals surface area (Å²) >= 11 is 1.55. The fraction of sp³-hybridized carbons (Fsp3) is 0.562. The number of aromatic nitrogens is 3. The van der Waals surface area contributed by atoms with Gasteiger partial charge in [-0.25, -0.2) is 0 Å². The molecule has 3 rings (SSSR count). The molecule has 0 bridgehead atoms. The summed E-state index contributed by atoms with van der Waals surface area (Å²) in [7, 11) is 0. The lowest BCUT2D eigenvalue weighted by Gasteiger charge is -2.35. The highest BCUT2D eigenvalue weighted by atomic mass is 32.1. The summed E-state index contributed by atoms with van der Waals surface area (Å²) in [6.07, 6.45) is 5.65. The molecule has 3 heterocycles. The summed E-state index contributed by atoms with van der Waals surface area (Å²) in [6.45, 7) is 6.46. The average Bonchev–Trinajstić information content (AvgIpc) is 2.97. The molecule has 0 amide bonds. The van der Waals surface area contributed by atoms with Crippen LogP contribution in [0.15, 0.2) is 24.4 Å². The summed E-state index contributed by atoms with van der Waals surface area (Å²) in [5.74, 6) is 0.442. The van der Waals surface area contributed by atoms with Crippen LogP contribution in [0, 0.1) is 0 Å². The Morgan fingerprint density at radius 3 is 3.00 bits per heavy atom. The monoisotopic (exact) mass is 302 g/mol. The minimum atomic E-state index is 0.432. The summed E-state index contributed by atoms with van der Waals surface area (Å²) in [6, 6.07) is 6.66. The topological polar surface area (TPSA) is 41.9 Å². The van der Waals surface area contributed by atoms with Crippen molar-refractivity contribution in [1.82, 2.24) is 19.5 Å². The van der Waals surface area contributed by atoms with E-state index in [2.05, 4.69) is 45.5 Å². The molecule has 1 atom stereocenters. The second kappa shape index (κ2) is 6.62. The van der Waals surface area contributed by atoms with Gasteiger partial charge in [0.15, 0.2) is 0 Å². The van der Waals surface area contributed by atoms with Gasteiger partial charge in [-0.3, -0.25) is 9.88 Å². The van der Waals surface area contributed by atoms with E-state index in [0.29, 0.717) is 12.0 Å². The van der Waals surface area contributed by atoms with Crippen LogP contribution in [0.1, 0.15) is 61.3 Å². The molecule has 1 aliphatic rings. The lowest BCUT2D eigenvalue weighted by molar-refractivity contribution is 0.138. The van der Waals surface area contributed by atoms with E-state index in [1.807, 2.05) is 12.3 Å². The van der Waals surface area contributed by atoms with Crippen LogP contribution in [0.2, 0.25) is 0 Å². The Kier molecular flexibility index (Phi) is 4.60. The molecule has 5 heteroatoms. The van der Waals surface area contributed by atoms with Crippen LogP contribution in [0.3, 0.4) is 0 Å². The normalized spacial score (nSPS) is 20.0. The number of piperidine rings is 1. The lowest BCUT2D eigenvalue weighted by Crippen LogP contribution is -2.33. The highest BCUT2D eigenvalue weighted by molar-refractivity contribution is 7.05. The van der Waals surface area contributed by atoms with Crippen molar-refractivity contribution in [2.45, 2.75) is 51.6 Å². The van der Waals surface area contributed by atoms with Crippen LogP contribution in [0.4, 0.5) is 0 Å². The van der Waals surface area contributed by atoms with Crippen molar-refractivity contribution in [2.24, 2.45) is 0 Å². The van der Waals surface area contributed by atoms with Gasteiger partial charge in [0.1, 0.15) is 0 Å². The predicted molar refractivity (Wildman–Crippen MR) is 85.2 cm³/mol. The summed E-state index contributed by atoms with van der Waals surface area (Å²) in [5.41, 5.74) is 2.35. The molecule has 0 aliphatic carbocycles. The first-order chi connectivity index (χ1) is 10.3. The van der Waals surface area contributed by atoms with Crippen molar-refractivity contribution in [3.63, 3.8) is 0 Å². The maximum absolute atomic E-state index is 4.57. The first kappa shape index (κ1) is 14.6. The smallest absolute Gasteiger partial charge is 0.0826 e. The molecule has 4 nitrogen and oxygen atoms in total. The molecule has 0 aromatic carbocycles. The SMILES string of the molecule is CC(C)c1nnsc1CN1CCCCC1c1ccccn1. The maximum Gasteiger partial charge on any atom is 0.0826 e. The Labute approximate surface area is 130 Å². The molecule has 2 aromatic rings. The number of pyridine rings is 1. The van der Waals surface area contributed by atoms with Crippen molar-refractivity contribution in [3.05, 3.63) is 40.7 Å². The molecule has 1 unspecified atom stereocenters. The van der Waals surface area contributed by atoms with Gasteiger partial charge in [-0.05, 0) is 49.0 Å².